The number of amides is 1. The molecule has 0 radical (unpaired) electrons. The number of ether oxygens (including phenoxy) is 1. The zero-order valence-electron chi connectivity index (χ0n) is 15.9. The molecule has 1 atom stereocenters. The molecule has 0 bridgehead atoms. The van der Waals surface area contributed by atoms with Gasteiger partial charge in [-0.1, -0.05) is 39.7 Å². The van der Waals surface area contributed by atoms with Gasteiger partial charge in [-0.2, -0.15) is 5.10 Å². The highest BCUT2D eigenvalue weighted by Crippen LogP contribution is 2.28. The monoisotopic (exact) mass is 461 g/mol. The first-order valence-corrected chi connectivity index (χ1v) is 9.98. The fraction of sp³-hybridized carbons (Fsp3) is 0.238. The van der Waals surface area contributed by atoms with Gasteiger partial charge < -0.3 is 10.1 Å². The molecule has 1 amide bonds. The van der Waals surface area contributed by atoms with E-state index in [0.29, 0.717) is 22.9 Å². The molecule has 2 aromatic carbocycles. The third-order valence-electron chi connectivity index (χ3n) is 4.59. The highest BCUT2D eigenvalue weighted by Gasteiger charge is 2.15. The average molecular weight is 463 g/mol. The van der Waals surface area contributed by atoms with Crippen LogP contribution in [-0.4, -0.2) is 15.7 Å². The molecule has 0 fully saturated rings. The van der Waals surface area contributed by atoms with E-state index in [2.05, 4.69) is 26.3 Å². The number of hydrogen-bond donors (Lipinski definition) is 1. The van der Waals surface area contributed by atoms with Crippen LogP contribution in [0.15, 0.2) is 53.1 Å². The van der Waals surface area contributed by atoms with Crippen molar-refractivity contribution in [2.45, 2.75) is 26.5 Å². The van der Waals surface area contributed by atoms with Gasteiger partial charge in [0.2, 0.25) is 0 Å². The molecule has 0 saturated carbocycles. The molecule has 146 valence electrons. The molecule has 1 unspecified atom stereocenters. The number of nitrogens with one attached hydrogen (secondary N) is 1. The summed E-state index contributed by atoms with van der Waals surface area (Å²) >= 11 is 9.53. The van der Waals surface area contributed by atoms with Crippen molar-refractivity contribution in [3.8, 4) is 5.75 Å². The molecule has 0 spiro atoms. The maximum absolute atomic E-state index is 12.5. The first kappa shape index (κ1) is 20.4. The molecule has 7 heteroatoms. The Hall–Kier alpha value is -2.31. The van der Waals surface area contributed by atoms with Crippen LogP contribution < -0.4 is 10.1 Å². The predicted molar refractivity (Wildman–Crippen MR) is 114 cm³/mol. The van der Waals surface area contributed by atoms with Crippen molar-refractivity contribution in [2.75, 3.05) is 0 Å². The maximum atomic E-state index is 12.5. The van der Waals surface area contributed by atoms with Crippen molar-refractivity contribution >= 4 is 33.4 Å². The summed E-state index contributed by atoms with van der Waals surface area (Å²) in [6, 6.07) is 12.7. The third kappa shape index (κ3) is 4.75. The molecule has 5 nitrogen and oxygen atoms in total. The van der Waals surface area contributed by atoms with Crippen LogP contribution in [0.5, 0.6) is 5.75 Å². The Balaban J connectivity index is 1.60. The van der Waals surface area contributed by atoms with Crippen LogP contribution in [0.25, 0.3) is 0 Å². The quantitative estimate of drug-likeness (QED) is 0.547. The summed E-state index contributed by atoms with van der Waals surface area (Å²) in [4.78, 5) is 12.5. The molecule has 0 aliphatic carbocycles. The van der Waals surface area contributed by atoms with Crippen LogP contribution in [0.4, 0.5) is 0 Å². The number of hydrogen-bond acceptors (Lipinski definition) is 3. The van der Waals surface area contributed by atoms with Gasteiger partial charge in [0.25, 0.3) is 5.91 Å². The van der Waals surface area contributed by atoms with Crippen LogP contribution in [-0.2, 0) is 13.7 Å². The van der Waals surface area contributed by atoms with Crippen molar-refractivity contribution in [3.63, 3.8) is 0 Å². The van der Waals surface area contributed by atoms with Crippen LogP contribution in [0, 0.1) is 6.92 Å². The molecule has 0 saturated heterocycles. The second kappa shape index (κ2) is 8.80. The first-order valence-electron chi connectivity index (χ1n) is 8.81. The summed E-state index contributed by atoms with van der Waals surface area (Å²) in [6.45, 7) is 4.30. The SMILES string of the molecule is Cc1c(C(C)NC(=O)c2ccc(COc3ccc(Br)cc3Cl)cc2)cnn1C. The van der Waals surface area contributed by atoms with E-state index in [-0.39, 0.29) is 11.9 Å². The molecule has 0 aliphatic heterocycles. The van der Waals surface area contributed by atoms with Gasteiger partial charge in [-0.05, 0) is 49.7 Å². The number of benzene rings is 2. The van der Waals surface area contributed by atoms with E-state index >= 15 is 0 Å². The lowest BCUT2D eigenvalue weighted by atomic mass is 10.1. The second-order valence-electron chi connectivity index (χ2n) is 6.56. The first-order chi connectivity index (χ1) is 13.3. The largest absolute Gasteiger partial charge is 0.487 e. The van der Waals surface area contributed by atoms with Crippen molar-refractivity contribution in [1.29, 1.82) is 0 Å². The van der Waals surface area contributed by atoms with E-state index in [1.165, 1.54) is 0 Å². The van der Waals surface area contributed by atoms with Gasteiger partial charge in [0.1, 0.15) is 12.4 Å². The molecular formula is C21H21BrClN3O2. The highest BCUT2D eigenvalue weighted by atomic mass is 79.9. The second-order valence-corrected chi connectivity index (χ2v) is 7.89. The molecule has 1 N–H and O–H groups in total. The Bertz CT molecular complexity index is 986. The lowest BCUT2D eigenvalue weighted by Gasteiger charge is -2.14. The Kier molecular flexibility index (Phi) is 6.42. The van der Waals surface area contributed by atoms with E-state index in [9.17, 15) is 4.79 Å². The normalized spacial score (nSPS) is 11.9. The standard InChI is InChI=1S/C21H21BrClN3O2/c1-13(18-11-24-26(3)14(18)2)25-21(27)16-6-4-15(5-7-16)12-28-20-9-8-17(22)10-19(20)23/h4-11,13H,12H2,1-3H3,(H,25,27). The van der Waals surface area contributed by atoms with Gasteiger partial charge >= 0.3 is 0 Å². The summed E-state index contributed by atoms with van der Waals surface area (Å²) < 4.78 is 8.45. The molecule has 3 rings (SSSR count). The third-order valence-corrected chi connectivity index (χ3v) is 5.38. The van der Waals surface area contributed by atoms with Crippen LogP contribution in [0.2, 0.25) is 5.02 Å². The Morgan fingerprint density at radius 1 is 1.29 bits per heavy atom. The van der Waals surface area contributed by atoms with Crippen LogP contribution in [0.3, 0.4) is 0 Å². The van der Waals surface area contributed by atoms with E-state index in [1.807, 2.05) is 45.2 Å². The minimum atomic E-state index is -0.126. The van der Waals surface area contributed by atoms with Crippen molar-refractivity contribution < 1.29 is 9.53 Å². The average Bonchev–Trinajstić information content (AvgIpc) is 3.00. The summed E-state index contributed by atoms with van der Waals surface area (Å²) in [5, 5.41) is 7.78. The molecule has 3 aromatic rings. The predicted octanol–water partition coefficient (Wildman–Crippen LogP) is 5.21. The van der Waals surface area contributed by atoms with Crippen molar-refractivity contribution in [2.24, 2.45) is 7.05 Å². The molecule has 1 heterocycles. The van der Waals surface area contributed by atoms with Gasteiger partial charge in [0.15, 0.2) is 0 Å². The maximum Gasteiger partial charge on any atom is 0.251 e. The van der Waals surface area contributed by atoms with Gasteiger partial charge in [0, 0.05) is 28.3 Å². The molecule has 1 aromatic heterocycles. The van der Waals surface area contributed by atoms with Crippen LogP contribution >= 0.6 is 27.5 Å². The number of aryl methyl sites for hydroxylation is 1. The molecular weight excluding hydrogens is 442 g/mol. The fourth-order valence-electron chi connectivity index (χ4n) is 2.80. The topological polar surface area (TPSA) is 56.1 Å². The lowest BCUT2D eigenvalue weighted by Crippen LogP contribution is -2.26. The minimum Gasteiger partial charge on any atom is -0.487 e. The van der Waals surface area contributed by atoms with E-state index in [1.54, 1.807) is 29.1 Å². The number of aromatic nitrogens is 2. The Labute approximate surface area is 177 Å². The Morgan fingerprint density at radius 2 is 2.00 bits per heavy atom. The zero-order chi connectivity index (χ0) is 20.3. The lowest BCUT2D eigenvalue weighted by molar-refractivity contribution is 0.0939. The van der Waals surface area contributed by atoms with E-state index in [0.717, 1.165) is 21.3 Å². The van der Waals surface area contributed by atoms with Gasteiger partial charge in [-0.15, -0.1) is 0 Å². The van der Waals surface area contributed by atoms with E-state index < -0.39 is 0 Å². The summed E-state index contributed by atoms with van der Waals surface area (Å²) in [7, 11) is 1.88. The molecule has 0 aliphatic rings. The number of carbonyl (C=O) groups excluding carboxylic acids is 1. The number of carbonyl (C=O) groups is 1. The zero-order valence-corrected chi connectivity index (χ0v) is 18.2. The van der Waals surface area contributed by atoms with Crippen LogP contribution in [0.1, 0.15) is 40.1 Å². The van der Waals surface area contributed by atoms with Crippen molar-refractivity contribution in [3.05, 3.63) is 80.5 Å². The van der Waals surface area contributed by atoms with Gasteiger partial charge in [-0.25, -0.2) is 0 Å². The van der Waals surface area contributed by atoms with Gasteiger partial charge in [-0.3, -0.25) is 9.48 Å². The fourth-order valence-corrected chi connectivity index (χ4v) is 3.53. The molecule has 28 heavy (non-hydrogen) atoms. The summed E-state index contributed by atoms with van der Waals surface area (Å²) in [6.07, 6.45) is 1.79. The number of nitrogens with zero attached hydrogens (tertiary/aromatic N) is 2. The highest BCUT2D eigenvalue weighted by molar-refractivity contribution is 9.10. The van der Waals surface area contributed by atoms with Gasteiger partial charge in [0.05, 0.1) is 17.3 Å². The number of rotatable bonds is 6. The smallest absolute Gasteiger partial charge is 0.251 e. The van der Waals surface area contributed by atoms with E-state index in [4.69, 9.17) is 16.3 Å². The Morgan fingerprint density at radius 3 is 2.61 bits per heavy atom. The summed E-state index contributed by atoms with van der Waals surface area (Å²) in [5.41, 5.74) is 3.59. The van der Waals surface area contributed by atoms with Crippen molar-refractivity contribution in [1.82, 2.24) is 15.1 Å². The number of halogens is 2. The summed E-state index contributed by atoms with van der Waals surface area (Å²) in [5.74, 6) is 0.492. The minimum absolute atomic E-state index is 0.122.